The Bertz CT molecular complexity index is 670. The highest BCUT2D eigenvalue weighted by molar-refractivity contribution is 5.44. The molecule has 1 N–H and O–H groups in total. The van der Waals surface area contributed by atoms with Gasteiger partial charge in [0.05, 0.1) is 5.69 Å². The van der Waals surface area contributed by atoms with Crippen LogP contribution in [0.2, 0.25) is 0 Å². The highest BCUT2D eigenvalue weighted by Crippen LogP contribution is 2.20. The molecule has 2 aromatic rings. The average molecular weight is 295 g/mol. The maximum atomic E-state index is 11.7. The summed E-state index contributed by atoms with van der Waals surface area (Å²) >= 11 is 0. The summed E-state index contributed by atoms with van der Waals surface area (Å²) in [5.41, 5.74) is 1.89. The summed E-state index contributed by atoms with van der Waals surface area (Å²) in [5.74, 6) is 0.604. The fraction of sp³-hybridized carbons (Fsp3) is 0.333. The average Bonchev–Trinajstić information content (AvgIpc) is 2.57. The van der Waals surface area contributed by atoms with Crippen molar-refractivity contribution < 1.29 is 0 Å². The minimum absolute atomic E-state index is 0.0275. The van der Waals surface area contributed by atoms with Gasteiger partial charge >= 0.3 is 0 Å². The molecule has 1 fully saturated rings. The first-order valence-corrected chi connectivity index (χ1v) is 7.79. The quantitative estimate of drug-likeness (QED) is 0.943. The third-order valence-electron chi connectivity index (χ3n) is 4.15. The van der Waals surface area contributed by atoms with E-state index in [1.807, 2.05) is 36.5 Å². The first kappa shape index (κ1) is 14.7. The smallest absolute Gasteiger partial charge is 0.252 e. The number of aromatic nitrogens is 2. The molecule has 0 radical (unpaired) electrons. The zero-order valence-electron chi connectivity index (χ0n) is 12.6. The minimum atomic E-state index is 0.0275. The first-order valence-electron chi connectivity index (χ1n) is 7.79. The highest BCUT2D eigenvalue weighted by Gasteiger charge is 2.17. The largest absolute Gasteiger partial charge is 0.329 e. The molecule has 22 heavy (non-hydrogen) atoms. The van der Waals surface area contributed by atoms with Crippen molar-refractivity contribution in [2.75, 3.05) is 13.1 Å². The minimum Gasteiger partial charge on any atom is -0.329 e. The third-order valence-corrected chi connectivity index (χ3v) is 4.15. The molecule has 1 aliphatic heterocycles. The summed E-state index contributed by atoms with van der Waals surface area (Å²) in [6.45, 7) is 2.81. The molecule has 1 saturated heterocycles. The Labute approximate surface area is 130 Å². The zero-order valence-corrected chi connectivity index (χ0v) is 12.6. The number of pyridine rings is 2. The Hall–Kier alpha value is -2.20. The number of piperidine rings is 1. The van der Waals surface area contributed by atoms with Gasteiger partial charge in [-0.2, -0.15) is 0 Å². The van der Waals surface area contributed by atoms with Crippen molar-refractivity contribution in [1.29, 1.82) is 0 Å². The monoisotopic (exact) mass is 295 g/mol. The van der Waals surface area contributed by atoms with Crippen LogP contribution >= 0.6 is 0 Å². The van der Waals surface area contributed by atoms with Crippen LogP contribution in [0.15, 0.2) is 53.6 Å². The van der Waals surface area contributed by atoms with Crippen LogP contribution in [-0.2, 0) is 6.54 Å². The lowest BCUT2D eigenvalue weighted by atomic mass is 9.96. The Balaban J connectivity index is 1.51. The Kier molecular flexibility index (Phi) is 4.81. The zero-order chi connectivity index (χ0) is 15.2. The molecule has 114 valence electrons. The topological polar surface area (TPSA) is 49.0 Å². The van der Waals surface area contributed by atoms with Crippen molar-refractivity contribution in [3.05, 3.63) is 70.4 Å². The molecule has 2 aromatic heterocycles. The lowest BCUT2D eigenvalue weighted by molar-refractivity contribution is 0.195. The molecule has 0 bridgehead atoms. The number of aromatic amines is 1. The molecule has 4 heteroatoms. The molecule has 0 saturated carbocycles. The molecular formula is C18H21N3O. The van der Waals surface area contributed by atoms with Crippen LogP contribution in [0.3, 0.4) is 0 Å². The van der Waals surface area contributed by atoms with Gasteiger partial charge in [0.1, 0.15) is 0 Å². The number of hydrogen-bond acceptors (Lipinski definition) is 3. The molecule has 3 rings (SSSR count). The van der Waals surface area contributed by atoms with Crippen molar-refractivity contribution in [2.45, 2.75) is 19.4 Å². The second kappa shape index (κ2) is 7.18. The van der Waals surface area contributed by atoms with Crippen LogP contribution in [-0.4, -0.2) is 28.0 Å². The first-order chi connectivity index (χ1) is 10.8. The van der Waals surface area contributed by atoms with E-state index >= 15 is 0 Å². The summed E-state index contributed by atoms with van der Waals surface area (Å²) in [7, 11) is 0. The fourth-order valence-corrected chi connectivity index (χ4v) is 2.83. The third kappa shape index (κ3) is 3.92. The predicted molar refractivity (Wildman–Crippen MR) is 88.3 cm³/mol. The van der Waals surface area contributed by atoms with Crippen molar-refractivity contribution >= 4 is 6.08 Å². The number of nitrogens with one attached hydrogen (secondary N) is 1. The molecule has 3 heterocycles. The molecule has 1 aliphatic rings. The van der Waals surface area contributed by atoms with Crippen LogP contribution < -0.4 is 5.56 Å². The predicted octanol–water partition coefficient (Wildman–Crippen LogP) is 2.70. The van der Waals surface area contributed by atoms with E-state index in [1.54, 1.807) is 6.20 Å². The lowest BCUT2D eigenvalue weighted by Crippen LogP contribution is -2.34. The van der Waals surface area contributed by atoms with E-state index in [-0.39, 0.29) is 5.56 Å². The van der Waals surface area contributed by atoms with E-state index in [4.69, 9.17) is 0 Å². The summed E-state index contributed by atoms with van der Waals surface area (Å²) < 4.78 is 0. The molecule has 0 amide bonds. The van der Waals surface area contributed by atoms with Crippen molar-refractivity contribution in [3.63, 3.8) is 0 Å². The molecule has 0 aromatic carbocycles. The summed E-state index contributed by atoms with van der Waals surface area (Å²) in [4.78, 5) is 21.1. The van der Waals surface area contributed by atoms with Gasteiger partial charge < -0.3 is 4.98 Å². The van der Waals surface area contributed by atoms with Crippen molar-refractivity contribution in [1.82, 2.24) is 14.9 Å². The molecule has 0 spiro atoms. The van der Waals surface area contributed by atoms with E-state index in [2.05, 4.69) is 27.0 Å². The summed E-state index contributed by atoms with van der Waals surface area (Å²) in [6.07, 6.45) is 10.2. The Morgan fingerprint density at radius 1 is 1.23 bits per heavy atom. The van der Waals surface area contributed by atoms with Crippen molar-refractivity contribution in [2.24, 2.45) is 5.92 Å². The van der Waals surface area contributed by atoms with E-state index in [9.17, 15) is 4.79 Å². The van der Waals surface area contributed by atoms with E-state index in [0.717, 1.165) is 43.7 Å². The van der Waals surface area contributed by atoms with Gasteiger partial charge in [-0.25, -0.2) is 0 Å². The van der Waals surface area contributed by atoms with Gasteiger partial charge in [-0.15, -0.1) is 0 Å². The van der Waals surface area contributed by atoms with Gasteiger partial charge in [-0.05, 0) is 56.1 Å². The molecule has 0 unspecified atom stereocenters. The fourth-order valence-electron chi connectivity index (χ4n) is 2.83. The normalized spacial score (nSPS) is 17.1. The second-order valence-corrected chi connectivity index (χ2v) is 5.75. The van der Waals surface area contributed by atoms with Gasteiger partial charge in [-0.3, -0.25) is 14.7 Å². The van der Waals surface area contributed by atoms with E-state index in [1.165, 1.54) is 0 Å². The van der Waals surface area contributed by atoms with Crippen LogP contribution in [0.5, 0.6) is 0 Å². The Morgan fingerprint density at radius 3 is 2.82 bits per heavy atom. The Morgan fingerprint density at radius 2 is 2.09 bits per heavy atom. The molecule has 0 aliphatic carbocycles. The van der Waals surface area contributed by atoms with Crippen LogP contribution in [0.4, 0.5) is 0 Å². The van der Waals surface area contributed by atoms with Gasteiger partial charge in [0.25, 0.3) is 5.56 Å². The summed E-state index contributed by atoms with van der Waals surface area (Å²) in [5, 5.41) is 0. The van der Waals surface area contributed by atoms with Crippen molar-refractivity contribution in [3.8, 4) is 0 Å². The highest BCUT2D eigenvalue weighted by atomic mass is 16.1. The van der Waals surface area contributed by atoms with Gasteiger partial charge in [-0.1, -0.05) is 18.2 Å². The maximum Gasteiger partial charge on any atom is 0.252 e. The summed E-state index contributed by atoms with van der Waals surface area (Å²) in [6, 6.07) is 9.76. The van der Waals surface area contributed by atoms with Crippen LogP contribution in [0.25, 0.3) is 6.08 Å². The molecule has 4 nitrogen and oxygen atoms in total. The molecule has 0 atom stereocenters. The number of H-pyrrole nitrogens is 1. The van der Waals surface area contributed by atoms with E-state index < -0.39 is 0 Å². The number of rotatable bonds is 4. The van der Waals surface area contributed by atoms with Crippen LogP contribution in [0, 0.1) is 5.92 Å². The SMILES string of the molecule is O=c1[nH]cccc1CN1CCC(/C=C/c2ccccn2)CC1. The van der Waals surface area contributed by atoms with Gasteiger partial charge in [0, 0.05) is 24.5 Å². The lowest BCUT2D eigenvalue weighted by Gasteiger charge is -2.30. The van der Waals surface area contributed by atoms with Crippen LogP contribution in [0.1, 0.15) is 24.1 Å². The number of allylic oxidation sites excluding steroid dienone is 1. The van der Waals surface area contributed by atoms with Gasteiger partial charge in [0.2, 0.25) is 0 Å². The second-order valence-electron chi connectivity index (χ2n) is 5.75. The molecular weight excluding hydrogens is 274 g/mol. The van der Waals surface area contributed by atoms with Gasteiger partial charge in [0.15, 0.2) is 0 Å². The number of hydrogen-bond donors (Lipinski definition) is 1. The van der Waals surface area contributed by atoms with E-state index in [0.29, 0.717) is 5.92 Å². The number of nitrogens with zero attached hydrogens (tertiary/aromatic N) is 2. The number of likely N-dealkylation sites (tertiary alicyclic amines) is 1. The standard InChI is InChI=1S/C18H21N3O/c22-18-16(4-3-11-20-18)14-21-12-8-15(9-13-21)6-7-17-5-1-2-10-19-17/h1-7,10-11,15H,8-9,12-14H2,(H,20,22)/b7-6+. The maximum absolute atomic E-state index is 11.7.